The molecule has 1 aromatic carbocycles. The van der Waals surface area contributed by atoms with Crippen LogP contribution in [0, 0.1) is 5.92 Å². The Kier molecular flexibility index (Phi) is 5.88. The lowest BCUT2D eigenvalue weighted by Gasteiger charge is -2.32. The maximum absolute atomic E-state index is 5.75. The van der Waals surface area contributed by atoms with E-state index >= 15 is 0 Å². The lowest BCUT2D eigenvalue weighted by atomic mass is 9.96. The third-order valence-electron chi connectivity index (χ3n) is 3.98. The number of rotatable bonds is 7. The number of ether oxygens (including phenoxy) is 3. The van der Waals surface area contributed by atoms with Crippen LogP contribution in [-0.4, -0.2) is 33.0 Å². The van der Waals surface area contributed by atoms with Crippen LogP contribution in [0.25, 0.3) is 0 Å². The van der Waals surface area contributed by atoms with Crippen LogP contribution < -0.4 is 14.8 Å². The van der Waals surface area contributed by atoms with Gasteiger partial charge in [0.2, 0.25) is 0 Å². The van der Waals surface area contributed by atoms with Crippen LogP contribution in [0.15, 0.2) is 18.2 Å². The molecule has 0 radical (unpaired) electrons. The van der Waals surface area contributed by atoms with E-state index in [9.17, 15) is 0 Å². The summed E-state index contributed by atoms with van der Waals surface area (Å²) in [6.45, 7) is 8.72. The minimum atomic E-state index is 0.289. The van der Waals surface area contributed by atoms with Gasteiger partial charge >= 0.3 is 0 Å². The van der Waals surface area contributed by atoms with Gasteiger partial charge in [0, 0.05) is 30.7 Å². The molecule has 4 heteroatoms. The molecule has 4 nitrogen and oxygen atoms in total. The Balaban J connectivity index is 2.14. The molecule has 1 aromatic rings. The molecule has 0 aromatic heterocycles. The second kappa shape index (κ2) is 7.66. The van der Waals surface area contributed by atoms with Crippen molar-refractivity contribution in [1.82, 2.24) is 5.32 Å². The fourth-order valence-electron chi connectivity index (χ4n) is 2.61. The first kappa shape index (κ1) is 16.1. The summed E-state index contributed by atoms with van der Waals surface area (Å²) in [5.41, 5.74) is 1.18. The van der Waals surface area contributed by atoms with Crippen molar-refractivity contribution >= 4 is 0 Å². The van der Waals surface area contributed by atoms with Crippen molar-refractivity contribution in [3.05, 3.63) is 23.8 Å². The van der Waals surface area contributed by atoms with Gasteiger partial charge in [-0.05, 0) is 31.0 Å². The predicted octanol–water partition coefficient (Wildman–Crippen LogP) is 3.17. The third-order valence-corrected chi connectivity index (χ3v) is 3.98. The minimum absolute atomic E-state index is 0.289. The van der Waals surface area contributed by atoms with E-state index in [4.69, 9.17) is 14.2 Å². The SMILES string of the molecule is CCOCC(NC1CCOc2ccc(OC)cc21)C(C)C. The first-order chi connectivity index (χ1) is 10.2. The van der Waals surface area contributed by atoms with Gasteiger partial charge in [0.15, 0.2) is 0 Å². The largest absolute Gasteiger partial charge is 0.497 e. The first-order valence-electron chi connectivity index (χ1n) is 7.80. The summed E-state index contributed by atoms with van der Waals surface area (Å²) < 4.78 is 16.7. The Hall–Kier alpha value is -1.26. The van der Waals surface area contributed by atoms with Gasteiger partial charge in [0.1, 0.15) is 11.5 Å². The van der Waals surface area contributed by atoms with Gasteiger partial charge in [-0.1, -0.05) is 13.8 Å². The number of nitrogens with one attached hydrogen (secondary N) is 1. The van der Waals surface area contributed by atoms with E-state index in [-0.39, 0.29) is 6.04 Å². The highest BCUT2D eigenvalue weighted by Gasteiger charge is 2.25. The highest BCUT2D eigenvalue weighted by molar-refractivity contribution is 5.43. The zero-order valence-electron chi connectivity index (χ0n) is 13.5. The molecule has 2 rings (SSSR count). The van der Waals surface area contributed by atoms with Gasteiger partial charge in [-0.3, -0.25) is 0 Å². The maximum atomic E-state index is 5.75. The number of fused-ring (bicyclic) bond motifs is 1. The Morgan fingerprint density at radius 3 is 2.86 bits per heavy atom. The van der Waals surface area contributed by atoms with E-state index in [2.05, 4.69) is 25.2 Å². The van der Waals surface area contributed by atoms with E-state index < -0.39 is 0 Å². The summed E-state index contributed by atoms with van der Waals surface area (Å²) in [6, 6.07) is 6.64. The molecular weight excluding hydrogens is 266 g/mol. The average molecular weight is 293 g/mol. The normalized spacial score (nSPS) is 19.0. The van der Waals surface area contributed by atoms with Crippen LogP contribution >= 0.6 is 0 Å². The average Bonchev–Trinajstić information content (AvgIpc) is 2.50. The van der Waals surface area contributed by atoms with Crippen molar-refractivity contribution in [3.8, 4) is 11.5 Å². The lowest BCUT2D eigenvalue weighted by Crippen LogP contribution is -2.41. The van der Waals surface area contributed by atoms with Gasteiger partial charge in [-0.15, -0.1) is 0 Å². The molecule has 0 amide bonds. The molecule has 0 aliphatic carbocycles. The Morgan fingerprint density at radius 2 is 2.19 bits per heavy atom. The second-order valence-electron chi connectivity index (χ2n) is 5.77. The van der Waals surface area contributed by atoms with Gasteiger partial charge < -0.3 is 19.5 Å². The van der Waals surface area contributed by atoms with Crippen LogP contribution in [0.2, 0.25) is 0 Å². The van der Waals surface area contributed by atoms with Gasteiger partial charge in [-0.2, -0.15) is 0 Å². The Bertz CT molecular complexity index is 448. The molecule has 0 saturated heterocycles. The van der Waals surface area contributed by atoms with Gasteiger partial charge in [0.25, 0.3) is 0 Å². The molecular formula is C17H27NO3. The molecule has 1 heterocycles. The molecule has 1 aliphatic rings. The summed E-state index contributed by atoms with van der Waals surface area (Å²) in [5, 5.41) is 3.74. The predicted molar refractivity (Wildman–Crippen MR) is 84.1 cm³/mol. The molecule has 1 aliphatic heterocycles. The third kappa shape index (κ3) is 4.11. The maximum Gasteiger partial charge on any atom is 0.124 e. The lowest BCUT2D eigenvalue weighted by molar-refractivity contribution is 0.0991. The monoisotopic (exact) mass is 293 g/mol. The van der Waals surface area contributed by atoms with Crippen LogP contribution in [0.3, 0.4) is 0 Å². The van der Waals surface area contributed by atoms with E-state index in [1.54, 1.807) is 7.11 Å². The fraction of sp³-hybridized carbons (Fsp3) is 0.647. The van der Waals surface area contributed by atoms with Crippen LogP contribution in [0.4, 0.5) is 0 Å². The first-order valence-corrected chi connectivity index (χ1v) is 7.80. The highest BCUT2D eigenvalue weighted by atomic mass is 16.5. The van der Waals surface area contributed by atoms with Gasteiger partial charge in [0.05, 0.1) is 20.3 Å². The van der Waals surface area contributed by atoms with E-state index in [1.807, 2.05) is 19.1 Å². The van der Waals surface area contributed by atoms with Crippen molar-refractivity contribution in [2.75, 3.05) is 26.9 Å². The van der Waals surface area contributed by atoms with Crippen molar-refractivity contribution < 1.29 is 14.2 Å². The quantitative estimate of drug-likeness (QED) is 0.838. The molecule has 118 valence electrons. The van der Waals surface area contributed by atoms with E-state index in [0.717, 1.165) is 37.7 Å². The summed E-state index contributed by atoms with van der Waals surface area (Å²) >= 11 is 0. The van der Waals surface area contributed by atoms with Gasteiger partial charge in [-0.25, -0.2) is 0 Å². The van der Waals surface area contributed by atoms with E-state index in [0.29, 0.717) is 12.0 Å². The number of hydrogen-bond acceptors (Lipinski definition) is 4. The van der Waals surface area contributed by atoms with Crippen molar-refractivity contribution in [3.63, 3.8) is 0 Å². The van der Waals surface area contributed by atoms with Crippen LogP contribution in [0.5, 0.6) is 11.5 Å². The summed E-state index contributed by atoms with van der Waals surface area (Å²) in [5.74, 6) is 2.35. The zero-order chi connectivity index (χ0) is 15.2. The van der Waals surface area contributed by atoms with Crippen molar-refractivity contribution in [2.45, 2.75) is 39.3 Å². The standard InChI is InChI=1S/C17H27NO3/c1-5-20-11-16(12(2)3)18-15-8-9-21-17-7-6-13(19-4)10-14(15)17/h6-7,10,12,15-16,18H,5,8-9,11H2,1-4H3. The topological polar surface area (TPSA) is 39.7 Å². The minimum Gasteiger partial charge on any atom is -0.497 e. The number of benzene rings is 1. The zero-order valence-corrected chi connectivity index (χ0v) is 13.5. The molecule has 21 heavy (non-hydrogen) atoms. The summed E-state index contributed by atoms with van der Waals surface area (Å²) in [4.78, 5) is 0. The second-order valence-corrected chi connectivity index (χ2v) is 5.77. The number of methoxy groups -OCH3 is 1. The smallest absolute Gasteiger partial charge is 0.124 e. The van der Waals surface area contributed by atoms with Crippen molar-refractivity contribution in [2.24, 2.45) is 5.92 Å². The number of hydrogen-bond donors (Lipinski definition) is 1. The molecule has 0 fully saturated rings. The Labute approximate surface area is 127 Å². The molecule has 0 bridgehead atoms. The highest BCUT2D eigenvalue weighted by Crippen LogP contribution is 2.35. The fourth-order valence-corrected chi connectivity index (χ4v) is 2.61. The molecule has 2 unspecified atom stereocenters. The molecule has 0 spiro atoms. The van der Waals surface area contributed by atoms with E-state index in [1.165, 1.54) is 5.56 Å². The summed E-state index contributed by atoms with van der Waals surface area (Å²) in [6.07, 6.45) is 0.968. The molecule has 0 saturated carbocycles. The Morgan fingerprint density at radius 1 is 1.38 bits per heavy atom. The molecule has 1 N–H and O–H groups in total. The van der Waals surface area contributed by atoms with Crippen LogP contribution in [-0.2, 0) is 4.74 Å². The molecule has 2 atom stereocenters. The summed E-state index contributed by atoms with van der Waals surface area (Å²) in [7, 11) is 1.69. The van der Waals surface area contributed by atoms with Crippen molar-refractivity contribution in [1.29, 1.82) is 0 Å². The van der Waals surface area contributed by atoms with Crippen LogP contribution in [0.1, 0.15) is 38.8 Å².